The van der Waals surface area contributed by atoms with Crippen molar-refractivity contribution in [2.24, 2.45) is 11.5 Å². The molecule has 0 aliphatic rings. The van der Waals surface area contributed by atoms with E-state index in [1.54, 1.807) is 41.5 Å². The second-order valence-electron chi connectivity index (χ2n) is 8.47. The first kappa shape index (κ1) is 31.3. The van der Waals surface area contributed by atoms with Gasteiger partial charge in [0.2, 0.25) is 17.7 Å². The topological polar surface area (TPSA) is 192 Å². The molecule has 0 heterocycles. The zero-order valence-corrected chi connectivity index (χ0v) is 20.3. The Kier molecular flexibility index (Phi) is 13.9. The van der Waals surface area contributed by atoms with Gasteiger partial charge in [0.15, 0.2) is 0 Å². The van der Waals surface area contributed by atoms with Crippen LogP contribution in [-0.2, 0) is 28.7 Å². The molecule has 0 saturated heterocycles. The molecule has 0 aromatic rings. The molecule has 0 aromatic heterocycles. The third-order valence-corrected chi connectivity index (χ3v) is 3.10. The van der Waals surface area contributed by atoms with Crippen LogP contribution in [0.2, 0.25) is 0 Å². The van der Waals surface area contributed by atoms with Gasteiger partial charge in [0.1, 0.15) is 23.3 Å². The first-order valence-corrected chi connectivity index (χ1v) is 10.3. The molecule has 12 heteroatoms. The highest BCUT2D eigenvalue weighted by atomic mass is 16.6. The van der Waals surface area contributed by atoms with Crippen molar-refractivity contribution >= 4 is 29.8 Å². The Hall–Kier alpha value is -2.89. The average molecular weight is 462 g/mol. The predicted octanol–water partition coefficient (Wildman–Crippen LogP) is -0.317. The number of nitrogens with two attached hydrogens (primary N) is 2. The lowest BCUT2D eigenvalue weighted by molar-refractivity contribution is -0.156. The first-order chi connectivity index (χ1) is 14.5. The van der Waals surface area contributed by atoms with E-state index in [1.165, 1.54) is 0 Å². The molecule has 0 aliphatic carbocycles. The Bertz CT molecular complexity index is 654. The van der Waals surface area contributed by atoms with Crippen LogP contribution in [0.15, 0.2) is 0 Å². The minimum atomic E-state index is -1.39. The van der Waals surface area contributed by atoms with Crippen LogP contribution in [0.3, 0.4) is 0 Å². The zero-order chi connectivity index (χ0) is 25.7. The summed E-state index contributed by atoms with van der Waals surface area (Å²) < 4.78 is 10.2. The molecule has 0 aromatic carbocycles. The van der Waals surface area contributed by atoms with Crippen LogP contribution in [0, 0.1) is 0 Å². The number of hydrogen-bond donors (Lipinski definition) is 5. The Labute approximate surface area is 189 Å². The minimum absolute atomic E-state index is 0.298. The number of esters is 1. The molecule has 0 radical (unpaired) electrons. The molecule has 0 bridgehead atoms. The van der Waals surface area contributed by atoms with Crippen LogP contribution >= 0.6 is 0 Å². The van der Waals surface area contributed by atoms with Crippen molar-refractivity contribution in [3.63, 3.8) is 0 Å². The standard InChI is InChI=1S/C18H33N5O7.C2H6/c1-17(2,3)29-13(25)7-10(14(26)21-9-12(20)24)22-15(27)11(8-19)23-16(28)30-18(4,5)6;1-2/h10-11H,7-9,19H2,1-6H3,(H2,20,24)(H,21,26)(H,22,27)(H,23,28);1-2H3/t10-,11-;/m0./s1. The van der Waals surface area contributed by atoms with Crippen LogP contribution in [0.25, 0.3) is 0 Å². The van der Waals surface area contributed by atoms with Gasteiger partial charge in [-0.15, -0.1) is 0 Å². The number of nitrogens with one attached hydrogen (secondary N) is 3. The zero-order valence-electron chi connectivity index (χ0n) is 20.3. The van der Waals surface area contributed by atoms with E-state index in [9.17, 15) is 24.0 Å². The summed E-state index contributed by atoms with van der Waals surface area (Å²) in [6.07, 6.45) is -1.40. The molecule has 0 spiro atoms. The van der Waals surface area contributed by atoms with Gasteiger partial charge in [-0.3, -0.25) is 19.2 Å². The fourth-order valence-corrected chi connectivity index (χ4v) is 2.01. The number of ether oxygens (including phenoxy) is 2. The summed E-state index contributed by atoms with van der Waals surface area (Å²) in [7, 11) is 0. The summed E-state index contributed by atoms with van der Waals surface area (Å²) in [5, 5.41) is 6.82. The molecule has 0 saturated carbocycles. The van der Waals surface area contributed by atoms with Gasteiger partial charge < -0.3 is 36.9 Å². The Balaban J connectivity index is 0. The van der Waals surface area contributed by atoms with Crippen molar-refractivity contribution in [1.82, 2.24) is 16.0 Å². The Morgan fingerprint density at radius 2 is 1.31 bits per heavy atom. The van der Waals surface area contributed by atoms with E-state index in [-0.39, 0.29) is 6.54 Å². The van der Waals surface area contributed by atoms with Gasteiger partial charge in [0.25, 0.3) is 0 Å². The van der Waals surface area contributed by atoms with Gasteiger partial charge in [-0.2, -0.15) is 0 Å². The summed E-state index contributed by atoms with van der Waals surface area (Å²) in [6.45, 7) is 13.1. The molecule has 186 valence electrons. The van der Waals surface area contributed by atoms with Crippen molar-refractivity contribution in [2.45, 2.75) is 85.1 Å². The van der Waals surface area contributed by atoms with Gasteiger partial charge in [0.05, 0.1) is 13.0 Å². The van der Waals surface area contributed by atoms with Crippen molar-refractivity contribution in [2.75, 3.05) is 13.1 Å². The first-order valence-electron chi connectivity index (χ1n) is 10.3. The average Bonchev–Trinajstić information content (AvgIpc) is 2.62. The molecular weight excluding hydrogens is 422 g/mol. The van der Waals surface area contributed by atoms with Crippen molar-refractivity contribution in [1.29, 1.82) is 0 Å². The third kappa shape index (κ3) is 15.9. The SMILES string of the molecule is CC.CC(C)(C)OC(=O)C[C@H](NC(=O)[C@H](CN)NC(=O)OC(C)(C)C)C(=O)NCC(N)=O. The van der Waals surface area contributed by atoms with Crippen LogP contribution in [0.5, 0.6) is 0 Å². The Morgan fingerprint density at radius 1 is 0.812 bits per heavy atom. The monoisotopic (exact) mass is 461 g/mol. The molecule has 0 unspecified atom stereocenters. The van der Waals surface area contributed by atoms with Crippen LogP contribution < -0.4 is 27.4 Å². The van der Waals surface area contributed by atoms with Gasteiger partial charge in [-0.25, -0.2) is 4.79 Å². The highest BCUT2D eigenvalue weighted by Gasteiger charge is 2.30. The highest BCUT2D eigenvalue weighted by Crippen LogP contribution is 2.10. The van der Waals surface area contributed by atoms with E-state index >= 15 is 0 Å². The maximum atomic E-state index is 12.5. The largest absolute Gasteiger partial charge is 0.460 e. The quantitative estimate of drug-likeness (QED) is 0.288. The molecule has 2 atom stereocenters. The lowest BCUT2D eigenvalue weighted by Crippen LogP contribution is -2.57. The lowest BCUT2D eigenvalue weighted by Gasteiger charge is -2.25. The maximum Gasteiger partial charge on any atom is 0.408 e. The number of alkyl carbamates (subject to hydrolysis) is 1. The Morgan fingerprint density at radius 3 is 1.72 bits per heavy atom. The lowest BCUT2D eigenvalue weighted by atomic mass is 10.1. The van der Waals surface area contributed by atoms with Crippen molar-refractivity contribution in [3.8, 4) is 0 Å². The van der Waals surface area contributed by atoms with E-state index in [1.807, 2.05) is 13.8 Å². The van der Waals surface area contributed by atoms with Gasteiger partial charge in [0, 0.05) is 6.54 Å². The van der Waals surface area contributed by atoms with E-state index in [0.29, 0.717) is 0 Å². The molecule has 7 N–H and O–H groups in total. The van der Waals surface area contributed by atoms with Crippen molar-refractivity contribution < 1.29 is 33.4 Å². The molecule has 0 aliphatic heterocycles. The molecule has 4 amide bonds. The fourth-order valence-electron chi connectivity index (χ4n) is 2.01. The summed E-state index contributed by atoms with van der Waals surface area (Å²) in [5.74, 6) is -3.23. The smallest absolute Gasteiger partial charge is 0.408 e. The second kappa shape index (κ2) is 14.2. The minimum Gasteiger partial charge on any atom is -0.460 e. The molecule has 32 heavy (non-hydrogen) atoms. The highest BCUT2D eigenvalue weighted by molar-refractivity contribution is 5.94. The summed E-state index contributed by atoms with van der Waals surface area (Å²) in [6, 6.07) is -2.62. The second-order valence-corrected chi connectivity index (χ2v) is 8.47. The van der Waals surface area contributed by atoms with Gasteiger partial charge >= 0.3 is 12.1 Å². The summed E-state index contributed by atoms with van der Waals surface area (Å²) >= 11 is 0. The molecular formula is C20H39N5O7. The van der Waals surface area contributed by atoms with E-state index in [4.69, 9.17) is 20.9 Å². The number of primary amides is 1. The number of rotatable bonds is 9. The van der Waals surface area contributed by atoms with E-state index in [2.05, 4.69) is 16.0 Å². The van der Waals surface area contributed by atoms with E-state index in [0.717, 1.165) is 0 Å². The summed E-state index contributed by atoms with van der Waals surface area (Å²) in [4.78, 5) is 59.7. The van der Waals surface area contributed by atoms with Crippen LogP contribution in [0.1, 0.15) is 61.8 Å². The molecule has 0 fully saturated rings. The maximum absolute atomic E-state index is 12.5. The normalized spacial score (nSPS) is 12.8. The predicted molar refractivity (Wildman–Crippen MR) is 118 cm³/mol. The van der Waals surface area contributed by atoms with Crippen LogP contribution in [0.4, 0.5) is 4.79 Å². The van der Waals surface area contributed by atoms with Gasteiger partial charge in [-0.05, 0) is 41.5 Å². The molecule has 12 nitrogen and oxygen atoms in total. The fraction of sp³-hybridized carbons (Fsp3) is 0.750. The number of amides is 4. The van der Waals surface area contributed by atoms with Gasteiger partial charge in [-0.1, -0.05) is 13.8 Å². The third-order valence-electron chi connectivity index (χ3n) is 3.10. The van der Waals surface area contributed by atoms with Crippen molar-refractivity contribution in [3.05, 3.63) is 0 Å². The number of carbonyl (C=O) groups is 5. The number of carbonyl (C=O) groups excluding carboxylic acids is 5. The molecule has 0 rings (SSSR count). The van der Waals surface area contributed by atoms with E-state index < -0.39 is 66.0 Å². The number of hydrogen-bond acceptors (Lipinski definition) is 8. The summed E-state index contributed by atoms with van der Waals surface area (Å²) in [5.41, 5.74) is 8.92. The van der Waals surface area contributed by atoms with Crippen LogP contribution in [-0.4, -0.2) is 66.2 Å².